The highest BCUT2D eigenvalue weighted by Gasteiger charge is 2.24. The SMILES string of the molecule is CC/C(=C(\c1ccc(O)cc1)c1ccc(OCCN2CCN(CCCOc3cccc(C=O)c3CN(C)C(CCC=O)C(=O)NC)CC2)cc1)c1ccccc1. The van der Waals surface area contributed by atoms with Gasteiger partial charge in [-0.05, 0) is 84.5 Å². The fourth-order valence-electron chi connectivity index (χ4n) is 7.33. The van der Waals surface area contributed by atoms with Crippen molar-refractivity contribution in [2.75, 3.05) is 66.6 Å². The van der Waals surface area contributed by atoms with Crippen molar-refractivity contribution in [3.8, 4) is 17.2 Å². The maximum absolute atomic E-state index is 12.5. The van der Waals surface area contributed by atoms with Crippen LogP contribution in [0.25, 0.3) is 11.1 Å². The van der Waals surface area contributed by atoms with Crippen LogP contribution in [-0.4, -0.2) is 111 Å². The molecule has 2 N–H and O–H groups in total. The molecule has 0 spiro atoms. The van der Waals surface area contributed by atoms with Gasteiger partial charge < -0.3 is 29.6 Å². The Morgan fingerprint density at radius 2 is 1.48 bits per heavy atom. The van der Waals surface area contributed by atoms with E-state index in [1.54, 1.807) is 25.2 Å². The van der Waals surface area contributed by atoms with Crippen LogP contribution in [0.3, 0.4) is 0 Å². The molecule has 0 radical (unpaired) electrons. The van der Waals surface area contributed by atoms with Gasteiger partial charge in [0.1, 0.15) is 30.1 Å². The molecule has 4 aromatic carbocycles. The summed E-state index contributed by atoms with van der Waals surface area (Å²) in [5.74, 6) is 1.56. The highest BCUT2D eigenvalue weighted by atomic mass is 16.5. The standard InChI is InChI=1S/C46H56N4O6/c1-4-41(35-11-6-5-7-12-35)45(36-16-20-39(53)21-17-36)37-18-22-40(23-19-37)55-32-29-50-27-25-49(26-28-50)24-10-31-56-44-15-8-13-38(34-52)42(44)33-48(3)43(14-9-30-51)46(54)47-2/h5-8,11-13,15-23,30,34,43,53H,4,9-10,14,24-29,31-33H2,1-3H3,(H,47,54)/b45-41-. The number of hydrogen-bond acceptors (Lipinski definition) is 9. The van der Waals surface area contributed by atoms with E-state index in [0.717, 1.165) is 92.7 Å². The number of carbonyl (C=O) groups is 3. The minimum atomic E-state index is -0.497. The highest BCUT2D eigenvalue weighted by Crippen LogP contribution is 2.35. The molecule has 10 nitrogen and oxygen atoms in total. The molecule has 0 saturated carbocycles. The third-order valence-corrected chi connectivity index (χ3v) is 10.4. The van der Waals surface area contributed by atoms with E-state index in [1.807, 2.05) is 54.4 Å². The summed E-state index contributed by atoms with van der Waals surface area (Å²) >= 11 is 0. The third kappa shape index (κ3) is 11.6. The lowest BCUT2D eigenvalue weighted by Gasteiger charge is -2.34. The summed E-state index contributed by atoms with van der Waals surface area (Å²) in [7, 11) is 3.40. The van der Waals surface area contributed by atoms with Gasteiger partial charge in [-0.1, -0.05) is 73.7 Å². The van der Waals surface area contributed by atoms with Gasteiger partial charge in [0, 0.05) is 70.4 Å². The molecule has 0 aromatic heterocycles. The first-order valence-electron chi connectivity index (χ1n) is 19.7. The van der Waals surface area contributed by atoms with Crippen LogP contribution in [0.2, 0.25) is 0 Å². The largest absolute Gasteiger partial charge is 0.508 e. The Bertz CT molecular complexity index is 1870. The fourth-order valence-corrected chi connectivity index (χ4v) is 7.33. The molecule has 1 amide bonds. The van der Waals surface area contributed by atoms with E-state index in [-0.39, 0.29) is 18.1 Å². The minimum absolute atomic E-state index is 0.168. The Kier molecular flexibility index (Phi) is 16.2. The molecular weight excluding hydrogens is 705 g/mol. The second kappa shape index (κ2) is 21.7. The summed E-state index contributed by atoms with van der Waals surface area (Å²) in [4.78, 5) is 42.2. The maximum atomic E-state index is 12.5. The smallest absolute Gasteiger partial charge is 0.237 e. The monoisotopic (exact) mass is 760 g/mol. The summed E-state index contributed by atoms with van der Waals surface area (Å²) in [5.41, 5.74) is 7.00. The molecular formula is C46H56N4O6. The highest BCUT2D eigenvalue weighted by molar-refractivity contribution is 5.98. The van der Waals surface area contributed by atoms with Gasteiger partial charge in [-0.15, -0.1) is 0 Å². The molecule has 1 aliphatic rings. The zero-order valence-electron chi connectivity index (χ0n) is 33.0. The van der Waals surface area contributed by atoms with E-state index < -0.39 is 6.04 Å². The zero-order chi connectivity index (χ0) is 39.7. The molecule has 1 aliphatic heterocycles. The summed E-state index contributed by atoms with van der Waals surface area (Å²) in [6.07, 6.45) is 4.01. The topological polar surface area (TPSA) is 112 Å². The van der Waals surface area contributed by atoms with Gasteiger partial charge in [0.05, 0.1) is 12.6 Å². The van der Waals surface area contributed by atoms with Crippen molar-refractivity contribution >= 4 is 29.6 Å². The number of piperazine rings is 1. The lowest BCUT2D eigenvalue weighted by molar-refractivity contribution is -0.126. The Balaban J connectivity index is 1.07. The number of nitrogens with zero attached hydrogens (tertiary/aromatic N) is 3. The zero-order valence-corrected chi connectivity index (χ0v) is 33.0. The number of phenols is 1. The predicted octanol–water partition coefficient (Wildman–Crippen LogP) is 6.56. The van der Waals surface area contributed by atoms with E-state index in [2.05, 4.69) is 58.4 Å². The van der Waals surface area contributed by atoms with Crippen LogP contribution in [0.4, 0.5) is 0 Å². The van der Waals surface area contributed by atoms with Gasteiger partial charge in [-0.3, -0.25) is 19.4 Å². The average Bonchev–Trinajstić information content (AvgIpc) is 3.23. The number of aromatic hydroxyl groups is 1. The molecule has 1 heterocycles. The molecule has 1 unspecified atom stereocenters. The quantitative estimate of drug-likeness (QED) is 0.0554. The Labute approximate surface area is 331 Å². The summed E-state index contributed by atoms with van der Waals surface area (Å²) in [5, 5.41) is 12.6. The van der Waals surface area contributed by atoms with E-state index in [4.69, 9.17) is 9.47 Å². The molecule has 1 atom stereocenters. The summed E-state index contributed by atoms with van der Waals surface area (Å²) < 4.78 is 12.4. The Morgan fingerprint density at radius 1 is 0.821 bits per heavy atom. The lowest BCUT2D eigenvalue weighted by Crippen LogP contribution is -2.47. The van der Waals surface area contributed by atoms with Crippen molar-refractivity contribution in [1.82, 2.24) is 20.0 Å². The first-order chi connectivity index (χ1) is 27.3. The van der Waals surface area contributed by atoms with Gasteiger partial charge in [0.15, 0.2) is 6.29 Å². The first-order valence-corrected chi connectivity index (χ1v) is 19.7. The number of nitrogens with one attached hydrogen (secondary N) is 1. The normalized spacial score (nSPS) is 14.5. The molecule has 1 fully saturated rings. The van der Waals surface area contributed by atoms with E-state index >= 15 is 0 Å². The first kappa shape index (κ1) is 41.9. The molecule has 56 heavy (non-hydrogen) atoms. The number of likely N-dealkylation sites (N-methyl/N-ethyl adjacent to an activating group) is 2. The maximum Gasteiger partial charge on any atom is 0.237 e. The lowest BCUT2D eigenvalue weighted by atomic mass is 9.88. The molecule has 0 bridgehead atoms. The predicted molar refractivity (Wildman–Crippen MR) is 222 cm³/mol. The Hall–Kier alpha value is -5.29. The number of amides is 1. The number of ether oxygens (including phenoxy) is 2. The number of aldehydes is 2. The third-order valence-electron chi connectivity index (χ3n) is 10.4. The van der Waals surface area contributed by atoms with Crippen LogP contribution < -0.4 is 14.8 Å². The number of allylic oxidation sites excluding steroid dienone is 1. The van der Waals surface area contributed by atoms with Crippen molar-refractivity contribution in [1.29, 1.82) is 0 Å². The van der Waals surface area contributed by atoms with Crippen molar-refractivity contribution in [3.05, 3.63) is 125 Å². The van der Waals surface area contributed by atoms with Gasteiger partial charge in [-0.2, -0.15) is 0 Å². The minimum Gasteiger partial charge on any atom is -0.508 e. The van der Waals surface area contributed by atoms with Gasteiger partial charge >= 0.3 is 0 Å². The van der Waals surface area contributed by atoms with Gasteiger partial charge in [-0.25, -0.2) is 0 Å². The number of benzene rings is 4. The molecule has 4 aromatic rings. The summed E-state index contributed by atoms with van der Waals surface area (Å²) in [6.45, 7) is 9.28. The number of carbonyl (C=O) groups excluding carboxylic acids is 3. The second-order valence-electron chi connectivity index (χ2n) is 14.1. The van der Waals surface area contributed by atoms with Crippen molar-refractivity contribution in [2.45, 2.75) is 45.2 Å². The second-order valence-corrected chi connectivity index (χ2v) is 14.1. The molecule has 1 saturated heterocycles. The molecule has 10 heteroatoms. The van der Waals surface area contributed by atoms with Crippen molar-refractivity contribution < 1.29 is 29.0 Å². The van der Waals surface area contributed by atoms with Crippen LogP contribution in [-0.2, 0) is 16.1 Å². The average molecular weight is 761 g/mol. The van der Waals surface area contributed by atoms with E-state index in [1.165, 1.54) is 11.1 Å². The summed E-state index contributed by atoms with van der Waals surface area (Å²) in [6, 6.07) is 31.1. The van der Waals surface area contributed by atoms with E-state index in [0.29, 0.717) is 37.5 Å². The van der Waals surface area contributed by atoms with Crippen LogP contribution in [0.5, 0.6) is 17.2 Å². The van der Waals surface area contributed by atoms with Crippen LogP contribution >= 0.6 is 0 Å². The van der Waals surface area contributed by atoms with E-state index in [9.17, 15) is 19.5 Å². The number of hydrogen-bond donors (Lipinski definition) is 2. The van der Waals surface area contributed by atoms with Crippen molar-refractivity contribution in [3.63, 3.8) is 0 Å². The molecule has 5 rings (SSSR count). The number of rotatable bonds is 21. The fraction of sp³-hybridized carbons (Fsp3) is 0.370. The van der Waals surface area contributed by atoms with Gasteiger partial charge in [0.25, 0.3) is 0 Å². The molecule has 0 aliphatic carbocycles. The van der Waals surface area contributed by atoms with Crippen molar-refractivity contribution in [2.24, 2.45) is 0 Å². The van der Waals surface area contributed by atoms with Crippen LogP contribution in [0.15, 0.2) is 97.1 Å². The van der Waals surface area contributed by atoms with Gasteiger partial charge in [0.2, 0.25) is 5.91 Å². The van der Waals surface area contributed by atoms with Crippen LogP contribution in [0, 0.1) is 0 Å². The molecule has 296 valence electrons. The number of phenolic OH excluding ortho intramolecular Hbond substituents is 1. The van der Waals surface area contributed by atoms with Crippen LogP contribution in [0.1, 0.15) is 65.2 Å². The Morgan fingerprint density at radius 3 is 2.11 bits per heavy atom.